The number of piperazine rings is 1. The number of carbonyl (C=O) groups is 1. The van der Waals surface area contributed by atoms with Crippen LogP contribution in [0.5, 0.6) is 0 Å². The molecule has 2 heterocycles. The van der Waals surface area contributed by atoms with Crippen LogP contribution < -0.4 is 10.5 Å². The SMILES string of the molecule is O=C(Cn1c(=O)cnc2ccccc21)N1CCN(c2ccc(Cl)cc2)CC1. The second-order valence-corrected chi connectivity index (χ2v) is 6.95. The molecule has 0 bridgehead atoms. The molecule has 1 amide bonds. The number of benzene rings is 2. The lowest BCUT2D eigenvalue weighted by Gasteiger charge is -2.36. The highest BCUT2D eigenvalue weighted by Gasteiger charge is 2.22. The van der Waals surface area contributed by atoms with E-state index in [2.05, 4.69) is 9.88 Å². The molecule has 0 spiro atoms. The third kappa shape index (κ3) is 3.66. The summed E-state index contributed by atoms with van der Waals surface area (Å²) in [6.45, 7) is 2.78. The van der Waals surface area contributed by atoms with Crippen molar-refractivity contribution in [2.24, 2.45) is 0 Å². The Kier molecular flexibility index (Phi) is 4.81. The lowest BCUT2D eigenvalue weighted by molar-refractivity contribution is -0.132. The third-order valence-electron chi connectivity index (χ3n) is 4.87. The number of rotatable bonds is 3. The van der Waals surface area contributed by atoms with Crippen molar-refractivity contribution in [2.45, 2.75) is 6.54 Å². The molecule has 4 rings (SSSR count). The molecule has 1 saturated heterocycles. The van der Waals surface area contributed by atoms with E-state index in [9.17, 15) is 9.59 Å². The lowest BCUT2D eigenvalue weighted by Crippen LogP contribution is -2.50. The first kappa shape index (κ1) is 17.5. The first-order valence-electron chi connectivity index (χ1n) is 8.85. The zero-order chi connectivity index (χ0) is 18.8. The number of para-hydroxylation sites is 2. The van der Waals surface area contributed by atoms with Crippen molar-refractivity contribution in [3.8, 4) is 0 Å². The lowest BCUT2D eigenvalue weighted by atomic mass is 10.2. The number of halogens is 1. The Morgan fingerprint density at radius 3 is 2.44 bits per heavy atom. The highest BCUT2D eigenvalue weighted by molar-refractivity contribution is 6.30. The van der Waals surface area contributed by atoms with Crippen LogP contribution in [0.2, 0.25) is 5.02 Å². The number of fused-ring (bicyclic) bond motifs is 1. The molecule has 0 atom stereocenters. The van der Waals surface area contributed by atoms with E-state index in [1.54, 1.807) is 0 Å². The Morgan fingerprint density at radius 1 is 1.00 bits per heavy atom. The predicted molar refractivity (Wildman–Crippen MR) is 106 cm³/mol. The summed E-state index contributed by atoms with van der Waals surface area (Å²) in [5.41, 5.74) is 2.22. The summed E-state index contributed by atoms with van der Waals surface area (Å²) in [6.07, 6.45) is 1.27. The van der Waals surface area contributed by atoms with Gasteiger partial charge >= 0.3 is 0 Å². The van der Waals surface area contributed by atoms with Gasteiger partial charge in [-0.1, -0.05) is 23.7 Å². The first-order chi connectivity index (χ1) is 13.1. The van der Waals surface area contributed by atoms with E-state index >= 15 is 0 Å². The predicted octanol–water partition coefficient (Wildman–Crippen LogP) is 2.40. The van der Waals surface area contributed by atoms with Crippen LogP contribution in [-0.2, 0) is 11.3 Å². The van der Waals surface area contributed by atoms with E-state index in [0.29, 0.717) is 29.1 Å². The topological polar surface area (TPSA) is 58.4 Å². The fourth-order valence-electron chi connectivity index (χ4n) is 3.38. The molecular weight excluding hydrogens is 364 g/mol. The van der Waals surface area contributed by atoms with Crippen LogP contribution in [0.25, 0.3) is 11.0 Å². The summed E-state index contributed by atoms with van der Waals surface area (Å²) >= 11 is 5.94. The van der Waals surface area contributed by atoms with Crippen molar-refractivity contribution in [3.63, 3.8) is 0 Å². The van der Waals surface area contributed by atoms with Crippen LogP contribution in [-0.4, -0.2) is 46.5 Å². The van der Waals surface area contributed by atoms with Gasteiger partial charge < -0.3 is 9.80 Å². The van der Waals surface area contributed by atoms with Gasteiger partial charge in [-0.3, -0.25) is 14.2 Å². The maximum Gasteiger partial charge on any atom is 0.269 e. The Morgan fingerprint density at radius 2 is 1.70 bits per heavy atom. The number of hydrogen-bond acceptors (Lipinski definition) is 4. The molecule has 7 heteroatoms. The van der Waals surface area contributed by atoms with E-state index in [4.69, 9.17) is 11.6 Å². The summed E-state index contributed by atoms with van der Waals surface area (Å²) in [6, 6.07) is 15.1. The second-order valence-electron chi connectivity index (χ2n) is 6.52. The summed E-state index contributed by atoms with van der Waals surface area (Å²) < 4.78 is 1.50. The molecule has 27 heavy (non-hydrogen) atoms. The molecule has 0 unspecified atom stereocenters. The van der Waals surface area contributed by atoms with Crippen molar-refractivity contribution in [2.75, 3.05) is 31.1 Å². The zero-order valence-corrected chi connectivity index (χ0v) is 15.5. The van der Waals surface area contributed by atoms with Crippen LogP contribution in [0.1, 0.15) is 0 Å². The monoisotopic (exact) mass is 382 g/mol. The molecule has 0 N–H and O–H groups in total. The fourth-order valence-corrected chi connectivity index (χ4v) is 3.51. The average Bonchev–Trinajstić information content (AvgIpc) is 2.71. The van der Waals surface area contributed by atoms with Crippen molar-refractivity contribution in [1.82, 2.24) is 14.5 Å². The maximum absolute atomic E-state index is 12.8. The average molecular weight is 383 g/mol. The van der Waals surface area contributed by atoms with Crippen molar-refractivity contribution < 1.29 is 4.79 Å². The van der Waals surface area contributed by atoms with Gasteiger partial charge in [0.05, 0.1) is 17.2 Å². The quantitative estimate of drug-likeness (QED) is 0.698. The van der Waals surface area contributed by atoms with Gasteiger partial charge in [0.15, 0.2) is 0 Å². The van der Waals surface area contributed by atoms with Gasteiger partial charge in [0.1, 0.15) is 6.54 Å². The van der Waals surface area contributed by atoms with Gasteiger partial charge in [0, 0.05) is 36.9 Å². The van der Waals surface area contributed by atoms with E-state index in [0.717, 1.165) is 18.8 Å². The number of hydrogen-bond donors (Lipinski definition) is 0. The van der Waals surface area contributed by atoms with Crippen LogP contribution in [0.4, 0.5) is 5.69 Å². The van der Waals surface area contributed by atoms with E-state index in [1.807, 2.05) is 53.4 Å². The smallest absolute Gasteiger partial charge is 0.269 e. The fraction of sp³-hybridized carbons (Fsp3) is 0.250. The molecule has 6 nitrogen and oxygen atoms in total. The Hall–Kier alpha value is -2.86. The molecule has 0 saturated carbocycles. The molecule has 1 fully saturated rings. The zero-order valence-electron chi connectivity index (χ0n) is 14.7. The largest absolute Gasteiger partial charge is 0.368 e. The number of nitrogens with zero attached hydrogens (tertiary/aromatic N) is 4. The Bertz CT molecular complexity index is 1020. The second kappa shape index (κ2) is 7.40. The number of anilines is 1. The summed E-state index contributed by atoms with van der Waals surface area (Å²) in [5, 5.41) is 0.711. The molecule has 138 valence electrons. The molecule has 1 aliphatic heterocycles. The van der Waals surface area contributed by atoms with Crippen LogP contribution in [0.3, 0.4) is 0 Å². The van der Waals surface area contributed by atoms with Gasteiger partial charge in [-0.25, -0.2) is 4.98 Å². The molecule has 1 aromatic heterocycles. The summed E-state index contributed by atoms with van der Waals surface area (Å²) in [4.78, 5) is 33.2. The Labute approximate surface area is 161 Å². The molecule has 2 aromatic carbocycles. The van der Waals surface area contributed by atoms with Gasteiger partial charge in [-0.05, 0) is 36.4 Å². The molecule has 3 aromatic rings. The number of amides is 1. The van der Waals surface area contributed by atoms with Crippen LogP contribution >= 0.6 is 11.6 Å². The van der Waals surface area contributed by atoms with E-state index in [1.165, 1.54) is 10.8 Å². The minimum atomic E-state index is -0.262. The minimum Gasteiger partial charge on any atom is -0.368 e. The van der Waals surface area contributed by atoms with E-state index < -0.39 is 0 Å². The van der Waals surface area contributed by atoms with Gasteiger partial charge in [0.2, 0.25) is 5.91 Å². The number of carbonyl (C=O) groups excluding carboxylic acids is 1. The summed E-state index contributed by atoms with van der Waals surface area (Å²) in [7, 11) is 0. The third-order valence-corrected chi connectivity index (χ3v) is 5.12. The van der Waals surface area contributed by atoms with Crippen LogP contribution in [0, 0.1) is 0 Å². The Balaban J connectivity index is 1.45. The highest BCUT2D eigenvalue weighted by atomic mass is 35.5. The van der Waals surface area contributed by atoms with E-state index in [-0.39, 0.29) is 18.0 Å². The van der Waals surface area contributed by atoms with Crippen molar-refractivity contribution >= 4 is 34.2 Å². The minimum absolute atomic E-state index is 0.0306. The maximum atomic E-state index is 12.8. The standard InChI is InChI=1S/C20H19ClN4O2/c21-15-5-7-16(8-6-15)23-9-11-24(12-10-23)20(27)14-25-18-4-2-1-3-17(18)22-13-19(25)26/h1-8,13H,9-12,14H2. The van der Waals surface area contributed by atoms with Gasteiger partial charge in [0.25, 0.3) is 5.56 Å². The molecule has 1 aliphatic rings. The van der Waals surface area contributed by atoms with Gasteiger partial charge in [-0.2, -0.15) is 0 Å². The van der Waals surface area contributed by atoms with Crippen molar-refractivity contribution in [1.29, 1.82) is 0 Å². The molecular formula is C20H19ClN4O2. The highest BCUT2D eigenvalue weighted by Crippen LogP contribution is 2.19. The summed E-state index contributed by atoms with van der Waals surface area (Å²) in [5.74, 6) is -0.0517. The molecule has 0 radical (unpaired) electrons. The molecule has 0 aliphatic carbocycles. The van der Waals surface area contributed by atoms with Crippen LogP contribution in [0.15, 0.2) is 59.5 Å². The normalized spacial score (nSPS) is 14.6. The van der Waals surface area contributed by atoms with Crippen molar-refractivity contribution in [3.05, 3.63) is 70.1 Å². The number of aromatic nitrogens is 2. The van der Waals surface area contributed by atoms with Gasteiger partial charge in [-0.15, -0.1) is 0 Å². The first-order valence-corrected chi connectivity index (χ1v) is 9.22.